The summed E-state index contributed by atoms with van der Waals surface area (Å²) >= 11 is 0. The number of ether oxygens (including phenoxy) is 1. The van der Waals surface area contributed by atoms with Crippen molar-refractivity contribution < 1.29 is 13.2 Å². The average Bonchev–Trinajstić information content (AvgIpc) is 2.97. The molecular formula is C9H9N3O3S. The van der Waals surface area contributed by atoms with Gasteiger partial charge in [-0.3, -0.25) is 0 Å². The first-order valence-electron chi connectivity index (χ1n) is 4.62. The average molecular weight is 239 g/mol. The van der Waals surface area contributed by atoms with Gasteiger partial charge in [0.15, 0.2) is 0 Å². The summed E-state index contributed by atoms with van der Waals surface area (Å²) in [5.74, 6) is -0.267. The summed E-state index contributed by atoms with van der Waals surface area (Å²) in [5, 5.41) is 0. The molecule has 0 aliphatic carbocycles. The van der Waals surface area contributed by atoms with Crippen LogP contribution in [0, 0.1) is 0 Å². The van der Waals surface area contributed by atoms with E-state index in [1.165, 1.54) is 0 Å². The largest absolute Gasteiger partial charge is 0.363 e. The van der Waals surface area contributed by atoms with E-state index >= 15 is 0 Å². The van der Waals surface area contributed by atoms with Crippen molar-refractivity contribution in [3.8, 4) is 0 Å². The van der Waals surface area contributed by atoms with Gasteiger partial charge in [0, 0.05) is 9.43 Å². The SMILES string of the molecule is [N-]=[N+]=NS(=O)(=O)CC1OC1c1ccccc1. The number of hydrogen-bond acceptors (Lipinski definition) is 3. The summed E-state index contributed by atoms with van der Waals surface area (Å²) in [4.78, 5) is 2.27. The molecule has 2 unspecified atom stereocenters. The molecule has 84 valence electrons. The first-order chi connectivity index (χ1) is 7.62. The van der Waals surface area contributed by atoms with Crippen molar-refractivity contribution >= 4 is 10.0 Å². The number of epoxide rings is 1. The van der Waals surface area contributed by atoms with Gasteiger partial charge >= 0.3 is 0 Å². The third-order valence-electron chi connectivity index (χ3n) is 2.25. The maximum Gasteiger partial charge on any atom is 0.238 e. The van der Waals surface area contributed by atoms with Gasteiger partial charge in [-0.25, -0.2) is 8.42 Å². The van der Waals surface area contributed by atoms with E-state index in [-0.39, 0.29) is 11.9 Å². The third kappa shape index (κ3) is 2.52. The van der Waals surface area contributed by atoms with E-state index in [1.807, 2.05) is 30.3 Å². The lowest BCUT2D eigenvalue weighted by Gasteiger charge is -1.94. The first-order valence-corrected chi connectivity index (χ1v) is 6.23. The molecule has 0 spiro atoms. The van der Waals surface area contributed by atoms with Crippen LogP contribution in [-0.2, 0) is 14.8 Å². The highest BCUT2D eigenvalue weighted by Crippen LogP contribution is 2.39. The van der Waals surface area contributed by atoms with Crippen LogP contribution in [-0.4, -0.2) is 20.3 Å². The van der Waals surface area contributed by atoms with Gasteiger partial charge in [0.2, 0.25) is 10.0 Å². The van der Waals surface area contributed by atoms with Crippen LogP contribution < -0.4 is 0 Å². The van der Waals surface area contributed by atoms with Crippen molar-refractivity contribution in [2.24, 2.45) is 4.52 Å². The maximum absolute atomic E-state index is 11.2. The summed E-state index contributed by atoms with van der Waals surface area (Å²) in [6.45, 7) is 0. The smallest absolute Gasteiger partial charge is 0.238 e. The van der Waals surface area contributed by atoms with E-state index in [9.17, 15) is 8.42 Å². The minimum atomic E-state index is -3.73. The fraction of sp³-hybridized carbons (Fsp3) is 0.333. The molecule has 1 fully saturated rings. The number of rotatable bonds is 4. The van der Waals surface area contributed by atoms with Crippen molar-refractivity contribution in [2.75, 3.05) is 5.75 Å². The fourth-order valence-electron chi connectivity index (χ4n) is 1.50. The molecule has 1 saturated heterocycles. The van der Waals surface area contributed by atoms with Crippen molar-refractivity contribution in [2.45, 2.75) is 12.2 Å². The van der Waals surface area contributed by atoms with Gasteiger partial charge in [-0.15, -0.1) is 0 Å². The second-order valence-corrected chi connectivity index (χ2v) is 5.09. The Balaban J connectivity index is 2.01. The Kier molecular flexibility index (Phi) is 2.82. The minimum absolute atomic E-state index is 0.204. The lowest BCUT2D eigenvalue weighted by molar-refractivity contribution is 0.383. The standard InChI is InChI=1S/C9H9N3O3S/c10-11-12-16(13,14)6-8-9(15-8)7-4-2-1-3-5-7/h1-5,8-9H,6H2. The molecule has 2 atom stereocenters. The zero-order chi connectivity index (χ0) is 11.6. The Morgan fingerprint density at radius 1 is 1.38 bits per heavy atom. The van der Waals surface area contributed by atoms with Crippen LogP contribution >= 0.6 is 0 Å². The van der Waals surface area contributed by atoms with E-state index in [0.29, 0.717) is 0 Å². The van der Waals surface area contributed by atoms with Crippen LogP contribution in [0.25, 0.3) is 10.4 Å². The predicted octanol–water partition coefficient (Wildman–Crippen LogP) is 1.77. The number of azide groups is 1. The predicted molar refractivity (Wildman–Crippen MR) is 57.0 cm³/mol. The lowest BCUT2D eigenvalue weighted by Crippen LogP contribution is -2.08. The molecule has 0 amide bonds. The van der Waals surface area contributed by atoms with Crippen molar-refractivity contribution in [3.63, 3.8) is 0 Å². The van der Waals surface area contributed by atoms with Crippen LogP contribution in [0.4, 0.5) is 0 Å². The van der Waals surface area contributed by atoms with Crippen molar-refractivity contribution in [3.05, 3.63) is 46.3 Å². The number of nitrogens with zero attached hydrogens (tertiary/aromatic N) is 3. The minimum Gasteiger partial charge on any atom is -0.363 e. The Labute approximate surface area is 92.5 Å². The topological polar surface area (TPSA) is 95.4 Å². The molecule has 0 aromatic heterocycles. The molecule has 2 rings (SSSR count). The molecule has 1 aliphatic rings. The van der Waals surface area contributed by atoms with Gasteiger partial charge in [0.25, 0.3) is 0 Å². The van der Waals surface area contributed by atoms with Crippen LogP contribution in [0.15, 0.2) is 34.9 Å². The van der Waals surface area contributed by atoms with E-state index in [0.717, 1.165) is 5.56 Å². The summed E-state index contributed by atoms with van der Waals surface area (Å²) in [6, 6.07) is 9.32. The van der Waals surface area contributed by atoms with Gasteiger partial charge < -0.3 is 4.74 Å². The molecule has 0 N–H and O–H groups in total. The molecule has 16 heavy (non-hydrogen) atoms. The zero-order valence-electron chi connectivity index (χ0n) is 8.22. The second kappa shape index (κ2) is 4.13. The van der Waals surface area contributed by atoms with Crippen molar-refractivity contribution in [1.82, 2.24) is 0 Å². The molecule has 1 aliphatic heterocycles. The highest BCUT2D eigenvalue weighted by molar-refractivity contribution is 7.90. The molecule has 1 aromatic carbocycles. The van der Waals surface area contributed by atoms with Crippen LogP contribution in [0.3, 0.4) is 0 Å². The molecular weight excluding hydrogens is 230 g/mol. The highest BCUT2D eigenvalue weighted by atomic mass is 32.2. The van der Waals surface area contributed by atoms with Gasteiger partial charge in [-0.2, -0.15) is 0 Å². The number of sulfonamides is 1. The summed E-state index contributed by atoms with van der Waals surface area (Å²) in [5.41, 5.74) is 8.99. The van der Waals surface area contributed by atoms with Gasteiger partial charge in [-0.1, -0.05) is 30.3 Å². The number of benzene rings is 1. The van der Waals surface area contributed by atoms with E-state index in [1.54, 1.807) is 0 Å². The molecule has 0 radical (unpaired) electrons. The van der Waals surface area contributed by atoms with Gasteiger partial charge in [0.1, 0.15) is 12.2 Å². The zero-order valence-corrected chi connectivity index (χ0v) is 9.04. The third-order valence-corrected chi connectivity index (χ3v) is 3.32. The maximum atomic E-state index is 11.2. The van der Waals surface area contributed by atoms with E-state index < -0.39 is 16.1 Å². The quantitative estimate of drug-likeness (QED) is 0.346. The van der Waals surface area contributed by atoms with E-state index in [4.69, 9.17) is 10.3 Å². The molecule has 6 nitrogen and oxygen atoms in total. The normalized spacial score (nSPS) is 23.5. The Bertz CT molecular complexity index is 522. The van der Waals surface area contributed by atoms with Crippen molar-refractivity contribution in [1.29, 1.82) is 0 Å². The number of hydrogen-bond donors (Lipinski definition) is 0. The van der Waals surface area contributed by atoms with Gasteiger partial charge in [-0.05, 0) is 11.1 Å². The summed E-state index contributed by atoms with van der Waals surface area (Å²) < 4.78 is 30.3. The van der Waals surface area contributed by atoms with Crippen LogP contribution in [0.5, 0.6) is 0 Å². The van der Waals surface area contributed by atoms with Crippen LogP contribution in [0.1, 0.15) is 11.7 Å². The fourth-order valence-corrected chi connectivity index (χ4v) is 2.35. The van der Waals surface area contributed by atoms with Gasteiger partial charge in [0.05, 0.1) is 5.75 Å². The summed E-state index contributed by atoms with van der Waals surface area (Å²) in [6.07, 6.45) is -0.609. The second-order valence-electron chi connectivity index (χ2n) is 3.43. The lowest BCUT2D eigenvalue weighted by atomic mass is 10.1. The highest BCUT2D eigenvalue weighted by Gasteiger charge is 2.42. The Morgan fingerprint density at radius 3 is 2.69 bits per heavy atom. The Morgan fingerprint density at radius 2 is 2.06 bits per heavy atom. The Hall–Kier alpha value is -1.56. The molecule has 0 saturated carbocycles. The molecule has 1 heterocycles. The van der Waals surface area contributed by atoms with E-state index in [2.05, 4.69) is 9.43 Å². The van der Waals surface area contributed by atoms with Crippen LogP contribution in [0.2, 0.25) is 0 Å². The monoisotopic (exact) mass is 239 g/mol. The first kappa shape index (κ1) is 10.9. The molecule has 1 aromatic rings. The molecule has 7 heteroatoms. The molecule has 0 bridgehead atoms. The summed E-state index contributed by atoms with van der Waals surface area (Å²) in [7, 11) is -3.73.